The molecule has 5 nitrogen and oxygen atoms in total. The van der Waals surface area contributed by atoms with Crippen LogP contribution in [-0.4, -0.2) is 47.3 Å². The molecule has 2 rings (SSSR count). The van der Waals surface area contributed by atoms with Gasteiger partial charge in [0, 0.05) is 32.9 Å². The van der Waals surface area contributed by atoms with E-state index in [1.165, 1.54) is 0 Å². The first-order valence-corrected chi connectivity index (χ1v) is 5.74. The second-order valence-electron chi connectivity index (χ2n) is 4.22. The predicted molar refractivity (Wildman–Crippen MR) is 62.1 cm³/mol. The highest BCUT2D eigenvalue weighted by Gasteiger charge is 2.23. The van der Waals surface area contributed by atoms with Crippen LogP contribution in [0.15, 0.2) is 6.20 Å². The van der Waals surface area contributed by atoms with Crippen LogP contribution in [0.25, 0.3) is 0 Å². The minimum Gasteiger partial charge on any atom is -0.379 e. The van der Waals surface area contributed by atoms with Gasteiger partial charge in [0.2, 0.25) is 0 Å². The molecule has 1 fully saturated rings. The number of nitrogens with two attached hydrogens (primary N) is 1. The smallest absolute Gasteiger partial charge is 0.105 e. The van der Waals surface area contributed by atoms with Crippen LogP contribution < -0.4 is 5.73 Å². The summed E-state index contributed by atoms with van der Waals surface area (Å²) in [5.41, 5.74) is 6.94. The van der Waals surface area contributed by atoms with Gasteiger partial charge in [-0.2, -0.15) is 0 Å². The molecule has 1 atom stereocenters. The summed E-state index contributed by atoms with van der Waals surface area (Å²) >= 11 is 0. The molecule has 90 valence electrons. The number of hydrogen-bond acceptors (Lipinski definition) is 4. The van der Waals surface area contributed by atoms with Crippen LogP contribution in [0.4, 0.5) is 0 Å². The fraction of sp³-hybridized carbons (Fsp3) is 0.727. The van der Waals surface area contributed by atoms with Crippen molar-refractivity contribution >= 4 is 0 Å². The second kappa shape index (κ2) is 4.95. The minimum absolute atomic E-state index is 0.226. The zero-order valence-electron chi connectivity index (χ0n) is 10.0. The van der Waals surface area contributed by atoms with Gasteiger partial charge >= 0.3 is 0 Å². The molecule has 1 saturated heterocycles. The number of imidazole rings is 1. The molecule has 0 saturated carbocycles. The molecule has 1 aliphatic heterocycles. The molecule has 0 aliphatic carbocycles. The fourth-order valence-electron chi connectivity index (χ4n) is 2.09. The van der Waals surface area contributed by atoms with Crippen molar-refractivity contribution < 1.29 is 4.74 Å². The van der Waals surface area contributed by atoms with Crippen LogP contribution in [0.1, 0.15) is 17.6 Å². The minimum atomic E-state index is 0.226. The number of nitrogens with zero attached hydrogens (tertiary/aromatic N) is 3. The monoisotopic (exact) mass is 224 g/mol. The van der Waals surface area contributed by atoms with Gasteiger partial charge in [-0.05, 0) is 6.92 Å². The SMILES string of the molecule is Cc1nc(C(CN)N2CCOCC2)cn1C. The van der Waals surface area contributed by atoms with Gasteiger partial charge in [0.25, 0.3) is 0 Å². The Kier molecular flexibility index (Phi) is 3.58. The molecule has 1 aliphatic rings. The summed E-state index contributed by atoms with van der Waals surface area (Å²) < 4.78 is 7.39. The molecule has 2 heterocycles. The first-order chi connectivity index (χ1) is 7.72. The van der Waals surface area contributed by atoms with Gasteiger partial charge in [-0.15, -0.1) is 0 Å². The Morgan fingerprint density at radius 3 is 2.69 bits per heavy atom. The predicted octanol–water partition coefficient (Wildman–Crippen LogP) is 0.0605. The lowest BCUT2D eigenvalue weighted by Crippen LogP contribution is -2.42. The lowest BCUT2D eigenvalue weighted by molar-refractivity contribution is 0.0171. The highest BCUT2D eigenvalue weighted by atomic mass is 16.5. The highest BCUT2D eigenvalue weighted by Crippen LogP contribution is 2.19. The molecule has 0 radical (unpaired) electrons. The first kappa shape index (κ1) is 11.6. The molecular formula is C11H20N4O. The zero-order chi connectivity index (χ0) is 11.5. The van der Waals surface area contributed by atoms with Crippen LogP contribution in [0.3, 0.4) is 0 Å². The van der Waals surface area contributed by atoms with E-state index in [9.17, 15) is 0 Å². The van der Waals surface area contributed by atoms with Crippen LogP contribution >= 0.6 is 0 Å². The molecule has 0 spiro atoms. The third-order valence-electron chi connectivity index (χ3n) is 3.18. The van der Waals surface area contributed by atoms with Crippen molar-refractivity contribution in [2.24, 2.45) is 12.8 Å². The molecule has 1 aromatic rings. The van der Waals surface area contributed by atoms with E-state index in [1.807, 2.05) is 18.5 Å². The topological polar surface area (TPSA) is 56.3 Å². The maximum atomic E-state index is 5.86. The summed E-state index contributed by atoms with van der Waals surface area (Å²) in [6, 6.07) is 0.226. The lowest BCUT2D eigenvalue weighted by Gasteiger charge is -2.32. The molecule has 2 N–H and O–H groups in total. The van der Waals surface area contributed by atoms with Crippen LogP contribution in [0, 0.1) is 6.92 Å². The maximum Gasteiger partial charge on any atom is 0.105 e. The average Bonchev–Trinajstić information content (AvgIpc) is 2.61. The number of hydrogen-bond donors (Lipinski definition) is 1. The Bertz CT molecular complexity index is 324. The quantitative estimate of drug-likeness (QED) is 0.789. The van der Waals surface area contributed by atoms with Crippen molar-refractivity contribution in [1.82, 2.24) is 14.5 Å². The molecule has 16 heavy (non-hydrogen) atoms. The van der Waals surface area contributed by atoms with E-state index in [4.69, 9.17) is 10.5 Å². The van der Waals surface area contributed by atoms with Crippen molar-refractivity contribution in [3.05, 3.63) is 17.7 Å². The summed E-state index contributed by atoms with van der Waals surface area (Å²) in [5, 5.41) is 0. The standard InChI is InChI=1S/C11H20N4O/c1-9-13-10(8-14(9)2)11(7-12)15-3-5-16-6-4-15/h8,11H,3-7,12H2,1-2H3. The summed E-state index contributed by atoms with van der Waals surface area (Å²) in [6.07, 6.45) is 2.07. The van der Waals surface area contributed by atoms with Gasteiger partial charge in [-0.1, -0.05) is 0 Å². The number of aryl methyl sites for hydroxylation is 2. The molecule has 1 aromatic heterocycles. The Morgan fingerprint density at radius 2 is 2.19 bits per heavy atom. The number of aromatic nitrogens is 2. The first-order valence-electron chi connectivity index (χ1n) is 5.74. The highest BCUT2D eigenvalue weighted by molar-refractivity contribution is 5.09. The van der Waals surface area contributed by atoms with E-state index < -0.39 is 0 Å². The van der Waals surface area contributed by atoms with Crippen LogP contribution in [0.5, 0.6) is 0 Å². The third kappa shape index (κ3) is 2.26. The van der Waals surface area contributed by atoms with E-state index in [1.54, 1.807) is 0 Å². The van der Waals surface area contributed by atoms with Gasteiger partial charge in [0.05, 0.1) is 24.9 Å². The third-order valence-corrected chi connectivity index (χ3v) is 3.18. The van der Waals surface area contributed by atoms with Gasteiger partial charge in [0.1, 0.15) is 5.82 Å². The van der Waals surface area contributed by atoms with E-state index in [0.717, 1.165) is 37.8 Å². The molecule has 5 heteroatoms. The molecule has 0 aromatic carbocycles. The van der Waals surface area contributed by atoms with Crippen LogP contribution in [-0.2, 0) is 11.8 Å². The zero-order valence-corrected chi connectivity index (χ0v) is 10.0. The van der Waals surface area contributed by atoms with Crippen molar-refractivity contribution in [2.45, 2.75) is 13.0 Å². The molecule has 0 amide bonds. The van der Waals surface area contributed by atoms with E-state index >= 15 is 0 Å². The van der Waals surface area contributed by atoms with E-state index in [2.05, 4.69) is 16.1 Å². The summed E-state index contributed by atoms with van der Waals surface area (Å²) in [5.74, 6) is 1.03. The maximum absolute atomic E-state index is 5.86. The van der Waals surface area contributed by atoms with Gasteiger partial charge < -0.3 is 15.0 Å². The Labute approximate surface area is 96.2 Å². The van der Waals surface area contributed by atoms with E-state index in [0.29, 0.717) is 6.54 Å². The fourth-order valence-corrected chi connectivity index (χ4v) is 2.09. The van der Waals surface area contributed by atoms with Crippen molar-refractivity contribution in [2.75, 3.05) is 32.8 Å². The number of ether oxygens (including phenoxy) is 1. The van der Waals surface area contributed by atoms with Gasteiger partial charge in [0.15, 0.2) is 0 Å². The number of morpholine rings is 1. The second-order valence-corrected chi connectivity index (χ2v) is 4.22. The van der Waals surface area contributed by atoms with Crippen LogP contribution in [0.2, 0.25) is 0 Å². The summed E-state index contributed by atoms with van der Waals surface area (Å²) in [6.45, 7) is 6.09. The van der Waals surface area contributed by atoms with Gasteiger partial charge in [-0.25, -0.2) is 4.98 Å². The van der Waals surface area contributed by atoms with E-state index in [-0.39, 0.29) is 6.04 Å². The normalized spacial score (nSPS) is 19.9. The Hall–Kier alpha value is -0.910. The lowest BCUT2D eigenvalue weighted by atomic mass is 10.2. The largest absolute Gasteiger partial charge is 0.379 e. The average molecular weight is 224 g/mol. The Morgan fingerprint density at radius 1 is 1.50 bits per heavy atom. The summed E-state index contributed by atoms with van der Waals surface area (Å²) in [4.78, 5) is 6.91. The molecule has 0 bridgehead atoms. The Balaban J connectivity index is 2.14. The summed E-state index contributed by atoms with van der Waals surface area (Å²) in [7, 11) is 2.01. The molecule has 1 unspecified atom stereocenters. The molecular weight excluding hydrogens is 204 g/mol. The van der Waals surface area contributed by atoms with Gasteiger partial charge in [-0.3, -0.25) is 4.90 Å². The van der Waals surface area contributed by atoms with Crippen molar-refractivity contribution in [3.63, 3.8) is 0 Å². The van der Waals surface area contributed by atoms with Crippen molar-refractivity contribution in [3.8, 4) is 0 Å². The number of rotatable bonds is 3. The van der Waals surface area contributed by atoms with Crippen molar-refractivity contribution in [1.29, 1.82) is 0 Å².